The van der Waals surface area contributed by atoms with Gasteiger partial charge in [-0.2, -0.15) is 0 Å². The molecule has 0 amide bonds. The monoisotopic (exact) mass is 638 g/mol. The molecule has 6 aromatic rings. The van der Waals surface area contributed by atoms with Crippen molar-refractivity contribution in [3.63, 3.8) is 0 Å². The van der Waals surface area contributed by atoms with Crippen molar-refractivity contribution in [1.29, 1.82) is 0 Å². The van der Waals surface area contributed by atoms with Gasteiger partial charge in [0.15, 0.2) is 0 Å². The highest BCUT2D eigenvalue weighted by Gasteiger charge is 2.34. The van der Waals surface area contributed by atoms with Crippen LogP contribution < -0.4 is 4.74 Å². The first-order chi connectivity index (χ1) is 21.5. The quantitative estimate of drug-likeness (QED) is 0.164. The molecule has 2 aromatic heterocycles. The molecule has 0 radical (unpaired) electrons. The first kappa shape index (κ1) is 30.4. The maximum absolute atomic E-state index is 14.4. The second kappa shape index (κ2) is 12.0. The van der Waals surface area contributed by atoms with Crippen molar-refractivity contribution < 1.29 is 23.1 Å². The molecule has 1 N–H and O–H groups in total. The minimum absolute atomic E-state index is 0.0246. The van der Waals surface area contributed by atoms with Gasteiger partial charge in [-0.25, -0.2) is 17.4 Å². The fourth-order valence-corrected chi connectivity index (χ4v) is 7.16. The zero-order chi connectivity index (χ0) is 31.8. The van der Waals surface area contributed by atoms with E-state index in [4.69, 9.17) is 16.3 Å². The maximum Gasteiger partial charge on any atom is 0.309 e. The number of pyridine rings is 1. The molecule has 0 bridgehead atoms. The maximum atomic E-state index is 14.4. The van der Waals surface area contributed by atoms with E-state index in [0.717, 1.165) is 27.7 Å². The number of fused-ring (bicyclic) bond motifs is 2. The van der Waals surface area contributed by atoms with Crippen molar-refractivity contribution in [3.8, 4) is 5.75 Å². The average molecular weight is 639 g/mol. The molecule has 0 fully saturated rings. The Morgan fingerprint density at radius 1 is 0.911 bits per heavy atom. The number of halogens is 1. The lowest BCUT2D eigenvalue weighted by Crippen LogP contribution is -2.29. The number of carboxylic acids is 1. The second-order valence-electron chi connectivity index (χ2n) is 11.6. The van der Waals surface area contributed by atoms with E-state index in [2.05, 4.69) is 4.98 Å². The van der Waals surface area contributed by atoms with E-state index in [1.807, 2.05) is 54.6 Å². The van der Waals surface area contributed by atoms with Crippen LogP contribution in [-0.2, 0) is 34.3 Å². The lowest BCUT2D eigenvalue weighted by atomic mass is 9.86. The molecule has 0 unspecified atom stereocenters. The summed E-state index contributed by atoms with van der Waals surface area (Å²) < 4.78 is 36.3. The van der Waals surface area contributed by atoms with Gasteiger partial charge in [0.1, 0.15) is 12.4 Å². The van der Waals surface area contributed by atoms with E-state index in [0.29, 0.717) is 33.8 Å². The minimum Gasteiger partial charge on any atom is -0.487 e. The van der Waals surface area contributed by atoms with Crippen LogP contribution in [0.3, 0.4) is 0 Å². The zero-order valence-electron chi connectivity index (χ0n) is 24.8. The number of para-hydroxylation sites is 1. The molecule has 7 nitrogen and oxygen atoms in total. The number of nitrogens with zero attached hydrogens (tertiary/aromatic N) is 2. The molecule has 0 aliphatic heterocycles. The van der Waals surface area contributed by atoms with Gasteiger partial charge in [0.25, 0.3) is 10.0 Å². The van der Waals surface area contributed by atoms with Gasteiger partial charge in [-0.05, 0) is 79.9 Å². The lowest BCUT2D eigenvalue weighted by Gasteiger charge is -2.22. The lowest BCUT2D eigenvalue weighted by molar-refractivity contribution is -0.146. The number of hydrogen-bond acceptors (Lipinski definition) is 5. The van der Waals surface area contributed by atoms with E-state index in [1.54, 1.807) is 56.3 Å². The number of benzene rings is 4. The van der Waals surface area contributed by atoms with Gasteiger partial charge in [0.05, 0.1) is 27.0 Å². The van der Waals surface area contributed by atoms with Crippen LogP contribution in [0.5, 0.6) is 5.75 Å². The molecular weight excluding hydrogens is 608 g/mol. The summed E-state index contributed by atoms with van der Waals surface area (Å²) in [4.78, 5) is 17.1. The van der Waals surface area contributed by atoms with Crippen molar-refractivity contribution in [1.82, 2.24) is 8.96 Å². The molecule has 0 aliphatic carbocycles. The van der Waals surface area contributed by atoms with Crippen molar-refractivity contribution >= 4 is 49.4 Å². The summed E-state index contributed by atoms with van der Waals surface area (Å²) in [5.41, 5.74) is 2.78. The predicted molar refractivity (Wildman–Crippen MR) is 176 cm³/mol. The Hall–Kier alpha value is -4.66. The van der Waals surface area contributed by atoms with E-state index >= 15 is 0 Å². The van der Waals surface area contributed by atoms with Crippen molar-refractivity contribution in [2.45, 2.75) is 38.2 Å². The van der Waals surface area contributed by atoms with Gasteiger partial charge >= 0.3 is 5.97 Å². The Morgan fingerprint density at radius 2 is 1.62 bits per heavy atom. The van der Waals surface area contributed by atoms with Gasteiger partial charge in [-0.3, -0.25) is 4.79 Å². The normalized spacial score (nSPS) is 12.1. The van der Waals surface area contributed by atoms with Gasteiger partial charge in [-0.1, -0.05) is 66.2 Å². The number of carbonyl (C=O) groups is 1. The van der Waals surface area contributed by atoms with Crippen LogP contribution in [0.2, 0.25) is 5.02 Å². The topological polar surface area (TPSA) is 98.5 Å². The Morgan fingerprint density at radius 3 is 2.36 bits per heavy atom. The third kappa shape index (κ3) is 6.16. The third-order valence-electron chi connectivity index (χ3n) is 7.91. The summed E-state index contributed by atoms with van der Waals surface area (Å²) in [7, 11) is -4.15. The molecule has 9 heteroatoms. The molecule has 0 saturated carbocycles. The summed E-state index contributed by atoms with van der Waals surface area (Å²) in [5.74, 6) is -0.567. The highest BCUT2D eigenvalue weighted by atomic mass is 35.5. The molecule has 45 heavy (non-hydrogen) atoms. The average Bonchev–Trinajstić information content (AvgIpc) is 3.33. The fraction of sp³-hybridized carbons (Fsp3) is 0.167. The number of ether oxygens (including phenoxy) is 1. The summed E-state index contributed by atoms with van der Waals surface area (Å²) in [6.07, 6.45) is 0.348. The van der Waals surface area contributed by atoms with Crippen LogP contribution in [0.4, 0.5) is 0 Å². The van der Waals surface area contributed by atoms with Crippen LogP contribution in [0.15, 0.2) is 114 Å². The Balaban J connectivity index is 1.52. The molecule has 0 spiro atoms. The van der Waals surface area contributed by atoms with Gasteiger partial charge in [0.2, 0.25) is 0 Å². The van der Waals surface area contributed by atoms with Crippen LogP contribution in [0, 0.1) is 5.41 Å². The Bertz CT molecular complexity index is 2140. The molecular formula is C36H31ClN2O5S. The number of hydrogen-bond donors (Lipinski definition) is 1. The molecule has 2 heterocycles. The number of carboxylic acid groups (broad SMARTS) is 1. The van der Waals surface area contributed by atoms with Crippen molar-refractivity contribution in [2.24, 2.45) is 5.41 Å². The van der Waals surface area contributed by atoms with Crippen molar-refractivity contribution in [2.75, 3.05) is 0 Å². The number of aromatic nitrogens is 2. The third-order valence-corrected chi connectivity index (χ3v) is 9.93. The van der Waals surface area contributed by atoms with Gasteiger partial charge in [0, 0.05) is 34.0 Å². The molecule has 4 aromatic carbocycles. The van der Waals surface area contributed by atoms with E-state index in [-0.39, 0.29) is 17.9 Å². The fourth-order valence-electron chi connectivity index (χ4n) is 5.44. The smallest absolute Gasteiger partial charge is 0.309 e. The summed E-state index contributed by atoms with van der Waals surface area (Å²) in [6, 6.07) is 32.6. The van der Waals surface area contributed by atoms with E-state index in [9.17, 15) is 18.3 Å². The van der Waals surface area contributed by atoms with Crippen LogP contribution >= 0.6 is 11.6 Å². The SMILES string of the molecule is CC(C)(Cc1c(Cc2ccc(Cl)cc2)c2ccc(OCc3ccc4ccccc4n3)cc2n1S(=O)(=O)c1ccccc1)C(=O)O. The van der Waals surface area contributed by atoms with Gasteiger partial charge in [-0.15, -0.1) is 0 Å². The summed E-state index contributed by atoms with van der Waals surface area (Å²) in [5, 5.41) is 12.4. The zero-order valence-corrected chi connectivity index (χ0v) is 26.3. The van der Waals surface area contributed by atoms with E-state index < -0.39 is 21.4 Å². The van der Waals surface area contributed by atoms with Crippen LogP contribution in [0.25, 0.3) is 21.8 Å². The largest absolute Gasteiger partial charge is 0.487 e. The number of aliphatic carboxylic acids is 1. The highest BCUT2D eigenvalue weighted by Crippen LogP contribution is 2.38. The standard InChI is InChI=1S/C36H31ClN2O5S/c1-36(2,35(40)41)22-34-31(20-24-12-15-26(37)16-13-24)30-19-18-28(44-23-27-17-14-25-8-6-7-11-32(25)38-27)21-33(30)39(34)45(42,43)29-9-4-3-5-10-29/h3-19,21H,20,22-23H2,1-2H3,(H,40,41). The molecule has 0 saturated heterocycles. The Labute approximate surface area is 266 Å². The van der Waals surface area contributed by atoms with Crippen LogP contribution in [0.1, 0.15) is 36.4 Å². The first-order valence-electron chi connectivity index (χ1n) is 14.4. The first-order valence-corrected chi connectivity index (χ1v) is 16.3. The van der Waals surface area contributed by atoms with E-state index in [1.165, 1.54) is 16.1 Å². The second-order valence-corrected chi connectivity index (χ2v) is 13.9. The number of rotatable bonds is 10. The van der Waals surface area contributed by atoms with Crippen LogP contribution in [-0.4, -0.2) is 28.5 Å². The molecule has 6 rings (SSSR count). The summed E-state index contributed by atoms with van der Waals surface area (Å²) in [6.45, 7) is 3.38. The van der Waals surface area contributed by atoms with Crippen molar-refractivity contribution in [3.05, 3.63) is 137 Å². The minimum atomic E-state index is -4.15. The molecule has 0 atom stereocenters. The van der Waals surface area contributed by atoms with Gasteiger partial charge < -0.3 is 9.84 Å². The highest BCUT2D eigenvalue weighted by molar-refractivity contribution is 7.90. The molecule has 228 valence electrons. The summed E-state index contributed by atoms with van der Waals surface area (Å²) >= 11 is 6.15. The Kier molecular flexibility index (Phi) is 8.12. The predicted octanol–water partition coefficient (Wildman–Crippen LogP) is 7.90. The molecule has 0 aliphatic rings.